The smallest absolute Gasteiger partial charge is 0.390 e. The first kappa shape index (κ1) is 10.3. The van der Waals surface area contributed by atoms with Crippen molar-refractivity contribution in [2.45, 2.75) is 25.1 Å². The minimum absolute atomic E-state index is 0.208. The van der Waals surface area contributed by atoms with E-state index in [2.05, 4.69) is 0 Å². The number of hydrogen-bond acceptors (Lipinski definition) is 2. The van der Waals surface area contributed by atoms with Gasteiger partial charge in [0.2, 0.25) is 0 Å². The van der Waals surface area contributed by atoms with Gasteiger partial charge in [0.05, 0.1) is 6.42 Å². The van der Waals surface area contributed by atoms with Gasteiger partial charge in [0.25, 0.3) is 0 Å². The summed E-state index contributed by atoms with van der Waals surface area (Å²) in [5.74, 6) is -1.03. The molecule has 1 aliphatic heterocycles. The first-order valence-corrected chi connectivity index (χ1v) is 3.94. The molecule has 6 heteroatoms. The van der Waals surface area contributed by atoms with Crippen LogP contribution in [0.5, 0.6) is 0 Å². The van der Waals surface area contributed by atoms with Gasteiger partial charge in [-0.2, -0.15) is 13.2 Å². The van der Waals surface area contributed by atoms with Crippen LogP contribution < -0.4 is 0 Å². The minimum Gasteiger partial charge on any atom is -0.480 e. The fraction of sp³-hybridized carbons (Fsp3) is 0.857. The fourth-order valence-corrected chi connectivity index (χ4v) is 1.26. The van der Waals surface area contributed by atoms with Crippen LogP contribution in [0.4, 0.5) is 13.2 Å². The number of rotatable bonds is 3. The van der Waals surface area contributed by atoms with Crippen LogP contribution in [0, 0.1) is 0 Å². The summed E-state index contributed by atoms with van der Waals surface area (Å²) in [4.78, 5) is 11.7. The van der Waals surface area contributed by atoms with Gasteiger partial charge in [0.1, 0.15) is 6.04 Å². The Morgan fingerprint density at radius 2 is 2.15 bits per heavy atom. The Bertz CT molecular complexity index is 204. The van der Waals surface area contributed by atoms with E-state index in [9.17, 15) is 18.0 Å². The Morgan fingerprint density at radius 3 is 2.46 bits per heavy atom. The highest BCUT2D eigenvalue weighted by Crippen LogP contribution is 2.24. The number of alkyl halides is 3. The van der Waals surface area contributed by atoms with Crippen LogP contribution in [-0.4, -0.2) is 41.3 Å². The molecule has 1 rings (SSSR count). The van der Waals surface area contributed by atoms with E-state index >= 15 is 0 Å². The van der Waals surface area contributed by atoms with Gasteiger partial charge < -0.3 is 5.11 Å². The summed E-state index contributed by atoms with van der Waals surface area (Å²) >= 11 is 0. The zero-order chi connectivity index (χ0) is 10.1. The molecule has 0 bridgehead atoms. The monoisotopic (exact) mass is 197 g/mol. The molecule has 1 N–H and O–H groups in total. The van der Waals surface area contributed by atoms with Gasteiger partial charge in [0, 0.05) is 13.1 Å². The number of nitrogens with zero attached hydrogens (tertiary/aromatic N) is 1. The van der Waals surface area contributed by atoms with Crippen molar-refractivity contribution in [2.24, 2.45) is 0 Å². The first-order chi connectivity index (χ1) is 5.90. The number of hydrogen-bond donors (Lipinski definition) is 1. The van der Waals surface area contributed by atoms with Crippen LogP contribution >= 0.6 is 0 Å². The maximum absolute atomic E-state index is 11.7. The number of halogens is 3. The lowest BCUT2D eigenvalue weighted by atomic mass is 10.0. The number of carboxylic acids is 1. The van der Waals surface area contributed by atoms with E-state index in [1.807, 2.05) is 0 Å². The van der Waals surface area contributed by atoms with Crippen LogP contribution in [-0.2, 0) is 4.79 Å². The molecule has 1 saturated heterocycles. The fourth-order valence-electron chi connectivity index (χ4n) is 1.26. The highest BCUT2D eigenvalue weighted by atomic mass is 19.4. The average Bonchev–Trinajstić information content (AvgIpc) is 1.79. The quantitative estimate of drug-likeness (QED) is 0.736. The summed E-state index contributed by atoms with van der Waals surface area (Å²) in [6, 6.07) is -0.706. The molecule has 0 aromatic carbocycles. The van der Waals surface area contributed by atoms with Gasteiger partial charge >= 0.3 is 12.1 Å². The standard InChI is InChI=1S/C7H10F3NO2/c8-7(9,10)2-4-11-3-1-5(11)6(12)13/h5H,1-4H2,(H,12,13). The summed E-state index contributed by atoms with van der Waals surface area (Å²) in [5.41, 5.74) is 0. The lowest BCUT2D eigenvalue weighted by Gasteiger charge is -2.37. The molecule has 3 nitrogen and oxygen atoms in total. The predicted molar refractivity (Wildman–Crippen MR) is 38.3 cm³/mol. The van der Waals surface area contributed by atoms with E-state index in [4.69, 9.17) is 5.11 Å². The normalized spacial score (nSPS) is 24.1. The van der Waals surface area contributed by atoms with Crippen molar-refractivity contribution in [3.8, 4) is 0 Å². The summed E-state index contributed by atoms with van der Waals surface area (Å²) in [7, 11) is 0. The lowest BCUT2D eigenvalue weighted by molar-refractivity contribution is -0.156. The largest absolute Gasteiger partial charge is 0.480 e. The second-order valence-corrected chi connectivity index (χ2v) is 3.04. The molecule has 0 radical (unpaired) electrons. The summed E-state index contributed by atoms with van der Waals surface area (Å²) in [6.07, 6.45) is -4.68. The van der Waals surface area contributed by atoms with Crippen LogP contribution in [0.15, 0.2) is 0 Å². The average molecular weight is 197 g/mol. The Balaban J connectivity index is 2.27. The zero-order valence-electron chi connectivity index (χ0n) is 6.84. The van der Waals surface area contributed by atoms with Crippen LogP contribution in [0.1, 0.15) is 12.8 Å². The van der Waals surface area contributed by atoms with Crippen molar-refractivity contribution < 1.29 is 23.1 Å². The van der Waals surface area contributed by atoms with Gasteiger partial charge in [-0.15, -0.1) is 0 Å². The molecular weight excluding hydrogens is 187 g/mol. The Labute approximate surface area is 73.1 Å². The molecule has 0 aromatic rings. The van der Waals surface area contributed by atoms with E-state index in [1.165, 1.54) is 4.90 Å². The Morgan fingerprint density at radius 1 is 1.54 bits per heavy atom. The SMILES string of the molecule is O=C(O)C1CCN1CCC(F)(F)F. The van der Waals surface area contributed by atoms with Gasteiger partial charge in [0.15, 0.2) is 0 Å². The first-order valence-electron chi connectivity index (χ1n) is 3.94. The maximum atomic E-state index is 11.7. The van der Waals surface area contributed by atoms with Gasteiger partial charge in [-0.3, -0.25) is 9.69 Å². The third-order valence-corrected chi connectivity index (χ3v) is 2.10. The number of likely N-dealkylation sites (tertiary alicyclic amines) is 1. The van der Waals surface area contributed by atoms with Gasteiger partial charge in [-0.25, -0.2) is 0 Å². The highest BCUT2D eigenvalue weighted by molar-refractivity contribution is 5.74. The molecular formula is C7H10F3NO2. The van der Waals surface area contributed by atoms with E-state index in [0.29, 0.717) is 13.0 Å². The van der Waals surface area contributed by atoms with E-state index < -0.39 is 24.6 Å². The van der Waals surface area contributed by atoms with Gasteiger partial charge in [-0.05, 0) is 6.42 Å². The van der Waals surface area contributed by atoms with Crippen molar-refractivity contribution >= 4 is 5.97 Å². The molecule has 0 amide bonds. The molecule has 0 aromatic heterocycles. The molecule has 1 aliphatic rings. The maximum Gasteiger partial charge on any atom is 0.390 e. The molecule has 1 atom stereocenters. The zero-order valence-corrected chi connectivity index (χ0v) is 6.84. The van der Waals surface area contributed by atoms with E-state index in [0.717, 1.165) is 0 Å². The molecule has 0 spiro atoms. The molecule has 1 heterocycles. The highest BCUT2D eigenvalue weighted by Gasteiger charge is 2.36. The summed E-state index contributed by atoms with van der Waals surface area (Å²) in [6.45, 7) is 0.244. The second kappa shape index (κ2) is 3.53. The number of aliphatic carboxylic acids is 1. The Kier molecular flexibility index (Phi) is 2.80. The molecule has 0 aliphatic carbocycles. The molecule has 76 valence electrons. The molecule has 1 fully saturated rings. The van der Waals surface area contributed by atoms with Crippen molar-refractivity contribution in [3.05, 3.63) is 0 Å². The number of carboxylic acid groups (broad SMARTS) is 1. The second-order valence-electron chi connectivity index (χ2n) is 3.04. The van der Waals surface area contributed by atoms with Crippen LogP contribution in [0.25, 0.3) is 0 Å². The van der Waals surface area contributed by atoms with E-state index in [1.54, 1.807) is 0 Å². The van der Waals surface area contributed by atoms with Crippen molar-refractivity contribution in [3.63, 3.8) is 0 Å². The summed E-state index contributed by atoms with van der Waals surface area (Å²) < 4.78 is 35.2. The topological polar surface area (TPSA) is 40.5 Å². The number of carbonyl (C=O) groups is 1. The molecule has 1 unspecified atom stereocenters. The molecule has 0 saturated carbocycles. The van der Waals surface area contributed by atoms with Gasteiger partial charge in [-0.1, -0.05) is 0 Å². The summed E-state index contributed by atoms with van der Waals surface area (Å²) in [5, 5.41) is 8.51. The Hall–Kier alpha value is -0.780. The molecule has 13 heavy (non-hydrogen) atoms. The van der Waals surface area contributed by atoms with Crippen molar-refractivity contribution in [2.75, 3.05) is 13.1 Å². The minimum atomic E-state index is -4.20. The van der Waals surface area contributed by atoms with E-state index in [-0.39, 0.29) is 6.54 Å². The third-order valence-electron chi connectivity index (χ3n) is 2.10. The van der Waals surface area contributed by atoms with Crippen molar-refractivity contribution in [1.82, 2.24) is 4.90 Å². The van der Waals surface area contributed by atoms with Crippen molar-refractivity contribution in [1.29, 1.82) is 0 Å². The predicted octanol–water partition coefficient (Wildman–Crippen LogP) is 1.10. The van der Waals surface area contributed by atoms with Crippen LogP contribution in [0.3, 0.4) is 0 Å². The van der Waals surface area contributed by atoms with Crippen LogP contribution in [0.2, 0.25) is 0 Å². The lowest BCUT2D eigenvalue weighted by Crippen LogP contribution is -2.53. The third kappa shape index (κ3) is 2.87.